The second kappa shape index (κ2) is 14.9. The third-order valence-electron chi connectivity index (χ3n) is 4.80. The number of aliphatic imine (C=N–C) groups is 1. The average molecular weight is 555 g/mol. The maximum Gasteiger partial charge on any atom is 0.191 e. The predicted molar refractivity (Wildman–Crippen MR) is 137 cm³/mol. The topological polar surface area (TPSA) is 83.0 Å². The number of sulfone groups is 1. The molecule has 0 radical (unpaired) electrons. The molecule has 0 aliphatic rings. The van der Waals surface area contributed by atoms with Crippen LogP contribution < -0.4 is 15.4 Å². The molecule has 2 unspecified atom stereocenters. The standard InChI is InChI=1S/C21H38N4O3S.HI/c1-7-22-21(24-17(4)13-14-29(6,26)27)23-16-20(25(8-2)9-3)18-11-10-12-19(15-18)28-5;/h10-12,15,17,20H,7-9,13-14,16H2,1-6H3,(H2,22,23,24);1H. The fourth-order valence-electron chi connectivity index (χ4n) is 3.14. The molecule has 0 spiro atoms. The van der Waals surface area contributed by atoms with E-state index in [-0.39, 0.29) is 41.8 Å². The summed E-state index contributed by atoms with van der Waals surface area (Å²) in [6.07, 6.45) is 1.81. The highest BCUT2D eigenvalue weighted by Gasteiger charge is 2.19. The molecule has 2 atom stereocenters. The van der Waals surface area contributed by atoms with Gasteiger partial charge in [0.05, 0.1) is 25.4 Å². The number of nitrogens with one attached hydrogen (secondary N) is 2. The highest BCUT2D eigenvalue weighted by molar-refractivity contribution is 14.0. The summed E-state index contributed by atoms with van der Waals surface area (Å²) in [5, 5.41) is 6.59. The molecule has 0 amide bonds. The minimum Gasteiger partial charge on any atom is -0.497 e. The van der Waals surface area contributed by atoms with Crippen LogP contribution >= 0.6 is 24.0 Å². The van der Waals surface area contributed by atoms with Crippen LogP contribution in [0.3, 0.4) is 0 Å². The number of hydrogen-bond donors (Lipinski definition) is 2. The second-order valence-electron chi connectivity index (χ2n) is 7.20. The van der Waals surface area contributed by atoms with Crippen molar-refractivity contribution in [3.05, 3.63) is 29.8 Å². The third kappa shape index (κ3) is 10.8. The van der Waals surface area contributed by atoms with Gasteiger partial charge in [0.2, 0.25) is 0 Å². The molecular weight excluding hydrogens is 515 g/mol. The predicted octanol–water partition coefficient (Wildman–Crippen LogP) is 3.07. The Kier molecular flexibility index (Phi) is 14.3. The Hall–Kier alpha value is -1.07. The Morgan fingerprint density at radius 1 is 1.23 bits per heavy atom. The van der Waals surface area contributed by atoms with Crippen molar-refractivity contribution in [3.63, 3.8) is 0 Å². The number of methoxy groups -OCH3 is 1. The molecular formula is C21H39IN4O3S. The first kappa shape index (κ1) is 28.9. The number of halogens is 1. The molecule has 0 saturated carbocycles. The van der Waals surface area contributed by atoms with Gasteiger partial charge in [-0.25, -0.2) is 8.42 Å². The van der Waals surface area contributed by atoms with E-state index in [2.05, 4.69) is 41.5 Å². The Balaban J connectivity index is 0.00000841. The summed E-state index contributed by atoms with van der Waals surface area (Å²) >= 11 is 0. The molecule has 0 aliphatic carbocycles. The van der Waals surface area contributed by atoms with Crippen LogP contribution in [0.5, 0.6) is 5.75 Å². The normalized spacial score (nSPS) is 14.0. The zero-order valence-corrected chi connectivity index (χ0v) is 22.3. The first-order chi connectivity index (χ1) is 13.7. The van der Waals surface area contributed by atoms with Gasteiger partial charge in [0.15, 0.2) is 5.96 Å². The Bertz CT molecular complexity index is 740. The second-order valence-corrected chi connectivity index (χ2v) is 9.46. The highest BCUT2D eigenvalue weighted by Crippen LogP contribution is 2.24. The van der Waals surface area contributed by atoms with E-state index < -0.39 is 9.84 Å². The van der Waals surface area contributed by atoms with Crippen LogP contribution in [-0.2, 0) is 9.84 Å². The van der Waals surface area contributed by atoms with Crippen molar-refractivity contribution in [3.8, 4) is 5.75 Å². The quantitative estimate of drug-likeness (QED) is 0.235. The van der Waals surface area contributed by atoms with E-state index >= 15 is 0 Å². The number of hydrogen-bond acceptors (Lipinski definition) is 5. The summed E-state index contributed by atoms with van der Waals surface area (Å²) in [4.78, 5) is 7.18. The fourth-order valence-corrected chi connectivity index (χ4v) is 3.92. The number of likely N-dealkylation sites (N-methyl/N-ethyl adjacent to an activating group) is 1. The summed E-state index contributed by atoms with van der Waals surface area (Å²) in [6, 6.07) is 8.25. The summed E-state index contributed by atoms with van der Waals surface area (Å²) in [5.74, 6) is 1.70. The molecule has 0 aromatic heterocycles. The van der Waals surface area contributed by atoms with Crippen LogP contribution in [0.25, 0.3) is 0 Å². The van der Waals surface area contributed by atoms with Gasteiger partial charge in [-0.15, -0.1) is 24.0 Å². The van der Waals surface area contributed by atoms with Crippen molar-refractivity contribution >= 4 is 39.8 Å². The largest absolute Gasteiger partial charge is 0.497 e. The summed E-state index contributed by atoms with van der Waals surface area (Å²) in [7, 11) is -1.30. The molecule has 0 bridgehead atoms. The van der Waals surface area contributed by atoms with Gasteiger partial charge in [-0.2, -0.15) is 0 Å². The number of ether oxygens (including phenoxy) is 1. The minimum atomic E-state index is -2.97. The van der Waals surface area contributed by atoms with Crippen LogP contribution in [0.1, 0.15) is 45.7 Å². The van der Waals surface area contributed by atoms with Gasteiger partial charge in [-0.05, 0) is 51.1 Å². The fraction of sp³-hybridized carbons (Fsp3) is 0.667. The van der Waals surface area contributed by atoms with Crippen molar-refractivity contribution in [1.29, 1.82) is 0 Å². The molecule has 1 aromatic rings. The van der Waals surface area contributed by atoms with Gasteiger partial charge < -0.3 is 15.4 Å². The SMILES string of the molecule is CCNC(=NCC(c1cccc(OC)c1)N(CC)CC)NC(C)CCS(C)(=O)=O.I. The van der Waals surface area contributed by atoms with Crippen LogP contribution in [0.2, 0.25) is 0 Å². The van der Waals surface area contributed by atoms with E-state index in [1.54, 1.807) is 7.11 Å². The number of rotatable bonds is 12. The first-order valence-corrected chi connectivity index (χ1v) is 12.4. The smallest absolute Gasteiger partial charge is 0.191 e. The summed E-state index contributed by atoms with van der Waals surface area (Å²) in [5.41, 5.74) is 1.16. The lowest BCUT2D eigenvalue weighted by molar-refractivity contribution is 0.224. The van der Waals surface area contributed by atoms with E-state index in [4.69, 9.17) is 9.73 Å². The van der Waals surface area contributed by atoms with Crippen molar-refractivity contribution in [2.24, 2.45) is 4.99 Å². The molecule has 1 rings (SSSR count). The summed E-state index contributed by atoms with van der Waals surface area (Å²) < 4.78 is 28.2. The lowest BCUT2D eigenvalue weighted by Gasteiger charge is -2.29. The maximum absolute atomic E-state index is 11.4. The van der Waals surface area contributed by atoms with Crippen molar-refractivity contribution < 1.29 is 13.2 Å². The molecule has 174 valence electrons. The van der Waals surface area contributed by atoms with Gasteiger partial charge in [-0.3, -0.25) is 9.89 Å². The molecule has 30 heavy (non-hydrogen) atoms. The molecule has 0 aliphatic heterocycles. The van der Waals surface area contributed by atoms with Gasteiger partial charge in [0, 0.05) is 18.8 Å². The molecule has 0 heterocycles. The minimum absolute atomic E-state index is 0. The number of nitrogens with zero attached hydrogens (tertiary/aromatic N) is 2. The van der Waals surface area contributed by atoms with E-state index in [1.807, 2.05) is 26.0 Å². The van der Waals surface area contributed by atoms with Gasteiger partial charge >= 0.3 is 0 Å². The lowest BCUT2D eigenvalue weighted by atomic mass is 10.0. The van der Waals surface area contributed by atoms with Gasteiger partial charge in [0.1, 0.15) is 15.6 Å². The van der Waals surface area contributed by atoms with Gasteiger partial charge in [0.25, 0.3) is 0 Å². The number of benzene rings is 1. The molecule has 9 heteroatoms. The van der Waals surface area contributed by atoms with E-state index in [0.29, 0.717) is 18.9 Å². The van der Waals surface area contributed by atoms with E-state index in [9.17, 15) is 8.42 Å². The van der Waals surface area contributed by atoms with Crippen LogP contribution in [0, 0.1) is 0 Å². The molecule has 1 aromatic carbocycles. The van der Waals surface area contributed by atoms with E-state index in [1.165, 1.54) is 6.26 Å². The zero-order chi connectivity index (χ0) is 21.9. The zero-order valence-electron chi connectivity index (χ0n) is 19.1. The van der Waals surface area contributed by atoms with Crippen molar-refractivity contribution in [2.45, 2.75) is 46.2 Å². The molecule has 2 N–H and O–H groups in total. The number of guanidine groups is 1. The molecule has 7 nitrogen and oxygen atoms in total. The van der Waals surface area contributed by atoms with E-state index in [0.717, 1.165) is 30.9 Å². The molecule has 0 fully saturated rings. The Morgan fingerprint density at radius 2 is 1.90 bits per heavy atom. The monoisotopic (exact) mass is 554 g/mol. The summed E-state index contributed by atoms with van der Waals surface area (Å²) in [6.45, 7) is 11.5. The Labute approximate surface area is 200 Å². The van der Waals surface area contributed by atoms with Crippen LogP contribution in [0.15, 0.2) is 29.3 Å². The molecule has 0 saturated heterocycles. The first-order valence-electron chi connectivity index (χ1n) is 10.3. The van der Waals surface area contributed by atoms with Crippen molar-refractivity contribution in [1.82, 2.24) is 15.5 Å². The van der Waals surface area contributed by atoms with Gasteiger partial charge in [-0.1, -0.05) is 26.0 Å². The van der Waals surface area contributed by atoms with Crippen molar-refractivity contribution in [2.75, 3.05) is 45.3 Å². The third-order valence-corrected chi connectivity index (χ3v) is 5.78. The Morgan fingerprint density at radius 3 is 2.43 bits per heavy atom. The van der Waals surface area contributed by atoms with Crippen LogP contribution in [-0.4, -0.2) is 70.6 Å². The highest BCUT2D eigenvalue weighted by atomic mass is 127. The average Bonchev–Trinajstić information content (AvgIpc) is 2.69. The van der Waals surface area contributed by atoms with Crippen LogP contribution in [0.4, 0.5) is 0 Å². The lowest BCUT2D eigenvalue weighted by Crippen LogP contribution is -2.43. The maximum atomic E-state index is 11.4.